The number of anilines is 1. The normalized spacial score (nSPS) is 11.0. The van der Waals surface area contributed by atoms with Crippen molar-refractivity contribution in [3.8, 4) is 0 Å². The Hall–Kier alpha value is -2.44. The number of halogens is 5. The van der Waals surface area contributed by atoms with E-state index in [1.54, 1.807) is 25.1 Å². The Morgan fingerprint density at radius 1 is 0.917 bits per heavy atom. The summed E-state index contributed by atoms with van der Waals surface area (Å²) in [5.41, 5.74) is 0.0384. The number of nitrogens with one attached hydrogen (secondary N) is 1. The van der Waals surface area contributed by atoms with E-state index in [4.69, 9.17) is 0 Å². The molecule has 1 N–H and O–H groups in total. The third kappa shape index (κ3) is 2.98. The van der Waals surface area contributed by atoms with E-state index in [9.17, 15) is 26.7 Å². The zero-order valence-corrected chi connectivity index (χ0v) is 13.1. The molecule has 0 radical (unpaired) electrons. The van der Waals surface area contributed by atoms with Gasteiger partial charge < -0.3 is 5.32 Å². The van der Waals surface area contributed by atoms with Crippen molar-refractivity contribution in [1.82, 2.24) is 0 Å². The van der Waals surface area contributed by atoms with E-state index >= 15 is 0 Å². The Balaban J connectivity index is 2.54. The molecule has 2 aromatic rings. The quantitative estimate of drug-likeness (QED) is 0.471. The Morgan fingerprint density at radius 3 is 1.92 bits per heavy atom. The molecule has 128 valence electrons. The van der Waals surface area contributed by atoms with E-state index in [0.717, 1.165) is 0 Å². The zero-order valence-electron chi connectivity index (χ0n) is 13.1. The number of aryl methyl sites for hydroxylation is 1. The second kappa shape index (κ2) is 6.59. The maximum atomic E-state index is 13.7. The Kier molecular flexibility index (Phi) is 4.91. The van der Waals surface area contributed by atoms with Crippen LogP contribution in [0, 0.1) is 36.0 Å². The summed E-state index contributed by atoms with van der Waals surface area (Å²) >= 11 is 0. The van der Waals surface area contributed by atoms with Crippen molar-refractivity contribution in [2.75, 3.05) is 5.32 Å². The molecule has 2 aromatic carbocycles. The number of hydrogen-bond acceptors (Lipinski definition) is 1. The summed E-state index contributed by atoms with van der Waals surface area (Å²) in [6.45, 7) is 5.33. The molecule has 1 amide bonds. The molecule has 0 heterocycles. The molecule has 0 aliphatic heterocycles. The van der Waals surface area contributed by atoms with Gasteiger partial charge in [0.1, 0.15) is 5.56 Å². The molecule has 2 nitrogen and oxygen atoms in total. The number of carbonyl (C=O) groups is 1. The fraction of sp³-hybridized carbons (Fsp3) is 0.235. The van der Waals surface area contributed by atoms with Gasteiger partial charge in [0.25, 0.3) is 5.91 Å². The first-order chi connectivity index (χ1) is 11.2. The van der Waals surface area contributed by atoms with Gasteiger partial charge in [-0.2, -0.15) is 0 Å². The number of amides is 1. The lowest BCUT2D eigenvalue weighted by atomic mass is 9.98. The first kappa shape index (κ1) is 17.9. The monoisotopic (exact) mass is 343 g/mol. The first-order valence-electron chi connectivity index (χ1n) is 7.09. The van der Waals surface area contributed by atoms with E-state index in [1.165, 1.54) is 0 Å². The lowest BCUT2D eigenvalue weighted by Gasteiger charge is -2.17. The van der Waals surface area contributed by atoms with Crippen LogP contribution in [-0.4, -0.2) is 5.91 Å². The molecule has 0 aromatic heterocycles. The average molecular weight is 343 g/mol. The summed E-state index contributed by atoms with van der Waals surface area (Å²) in [6, 6.07) is 5.09. The molecule has 0 fully saturated rings. The van der Waals surface area contributed by atoms with Gasteiger partial charge in [0, 0.05) is 5.69 Å². The van der Waals surface area contributed by atoms with Crippen molar-refractivity contribution < 1.29 is 26.7 Å². The maximum Gasteiger partial charge on any atom is 0.261 e. The van der Waals surface area contributed by atoms with Gasteiger partial charge >= 0.3 is 0 Å². The van der Waals surface area contributed by atoms with Gasteiger partial charge in [0.15, 0.2) is 23.3 Å². The molecule has 2 rings (SSSR count). The SMILES string of the molecule is Cc1cccc(C(C)C)c1NC(=O)c1c(F)c(F)c(F)c(F)c1F. The number of carbonyl (C=O) groups excluding carboxylic acids is 1. The van der Waals surface area contributed by atoms with Crippen LogP contribution in [0.25, 0.3) is 0 Å². The summed E-state index contributed by atoms with van der Waals surface area (Å²) in [5.74, 6) is -12.4. The minimum atomic E-state index is -2.31. The molecule has 0 aliphatic carbocycles. The summed E-state index contributed by atoms with van der Waals surface area (Å²) < 4.78 is 67.0. The van der Waals surface area contributed by atoms with E-state index in [2.05, 4.69) is 5.32 Å². The van der Waals surface area contributed by atoms with Crippen molar-refractivity contribution in [1.29, 1.82) is 0 Å². The Labute approximate surface area is 135 Å². The molecule has 0 bridgehead atoms. The van der Waals surface area contributed by atoms with Crippen molar-refractivity contribution in [3.05, 3.63) is 64.0 Å². The van der Waals surface area contributed by atoms with E-state index in [1.807, 2.05) is 13.8 Å². The van der Waals surface area contributed by atoms with Crippen molar-refractivity contribution >= 4 is 11.6 Å². The van der Waals surface area contributed by atoms with Gasteiger partial charge in [0.2, 0.25) is 5.82 Å². The molecule has 0 spiro atoms. The Bertz CT molecular complexity index is 788. The fourth-order valence-electron chi connectivity index (χ4n) is 2.32. The number of para-hydroxylation sites is 1. The van der Waals surface area contributed by atoms with E-state index in [-0.39, 0.29) is 11.6 Å². The number of rotatable bonds is 3. The summed E-state index contributed by atoms with van der Waals surface area (Å²) in [4.78, 5) is 12.2. The van der Waals surface area contributed by atoms with Crippen molar-refractivity contribution in [2.24, 2.45) is 0 Å². The van der Waals surface area contributed by atoms with Crippen LogP contribution in [0.1, 0.15) is 41.3 Å². The molecule has 0 aliphatic rings. The van der Waals surface area contributed by atoms with Crippen LogP contribution < -0.4 is 5.32 Å². The highest BCUT2D eigenvalue weighted by Crippen LogP contribution is 2.29. The standard InChI is InChI=1S/C17H14F5NO/c1-7(2)9-6-4-5-8(3)16(9)23-17(24)10-11(18)13(20)15(22)14(21)12(10)19/h4-7H,1-3H3,(H,23,24). The molecule has 24 heavy (non-hydrogen) atoms. The third-order valence-corrected chi connectivity index (χ3v) is 3.60. The van der Waals surface area contributed by atoms with Crippen LogP contribution >= 0.6 is 0 Å². The lowest BCUT2D eigenvalue weighted by Crippen LogP contribution is -2.20. The zero-order chi connectivity index (χ0) is 18.2. The van der Waals surface area contributed by atoms with Crippen LogP contribution in [0.5, 0.6) is 0 Å². The summed E-state index contributed by atoms with van der Waals surface area (Å²) in [6.07, 6.45) is 0. The van der Waals surface area contributed by atoms with Crippen molar-refractivity contribution in [3.63, 3.8) is 0 Å². The highest BCUT2D eigenvalue weighted by atomic mass is 19.2. The number of hydrogen-bond donors (Lipinski definition) is 1. The fourth-order valence-corrected chi connectivity index (χ4v) is 2.32. The van der Waals surface area contributed by atoms with Crippen LogP contribution in [0.15, 0.2) is 18.2 Å². The minimum Gasteiger partial charge on any atom is -0.321 e. The van der Waals surface area contributed by atoms with Crippen LogP contribution in [0.2, 0.25) is 0 Å². The summed E-state index contributed by atoms with van der Waals surface area (Å²) in [7, 11) is 0. The van der Waals surface area contributed by atoms with Crippen molar-refractivity contribution in [2.45, 2.75) is 26.7 Å². The highest BCUT2D eigenvalue weighted by Gasteiger charge is 2.30. The molecule has 0 unspecified atom stereocenters. The second-order valence-electron chi connectivity index (χ2n) is 5.59. The van der Waals surface area contributed by atoms with E-state index < -0.39 is 40.6 Å². The van der Waals surface area contributed by atoms with Gasteiger partial charge in [-0.3, -0.25) is 4.79 Å². The first-order valence-corrected chi connectivity index (χ1v) is 7.09. The maximum absolute atomic E-state index is 13.7. The summed E-state index contributed by atoms with van der Waals surface area (Å²) in [5, 5.41) is 2.26. The number of benzene rings is 2. The van der Waals surface area contributed by atoms with Crippen LogP contribution in [-0.2, 0) is 0 Å². The second-order valence-corrected chi connectivity index (χ2v) is 5.59. The molecule has 0 saturated heterocycles. The van der Waals surface area contributed by atoms with Gasteiger partial charge in [-0.1, -0.05) is 32.0 Å². The van der Waals surface area contributed by atoms with E-state index in [0.29, 0.717) is 11.1 Å². The minimum absolute atomic E-state index is 0.0309. The Morgan fingerprint density at radius 2 is 1.42 bits per heavy atom. The largest absolute Gasteiger partial charge is 0.321 e. The predicted molar refractivity (Wildman–Crippen MR) is 79.5 cm³/mol. The molecular formula is C17H14F5NO. The highest BCUT2D eigenvalue weighted by molar-refractivity contribution is 6.05. The smallest absolute Gasteiger partial charge is 0.261 e. The van der Waals surface area contributed by atoms with Gasteiger partial charge in [0.05, 0.1) is 0 Å². The molecule has 0 atom stereocenters. The molecule has 7 heteroatoms. The predicted octanol–water partition coefficient (Wildman–Crippen LogP) is 5.07. The molecule has 0 saturated carbocycles. The van der Waals surface area contributed by atoms with Gasteiger partial charge in [-0.25, -0.2) is 22.0 Å². The van der Waals surface area contributed by atoms with Crippen LogP contribution in [0.3, 0.4) is 0 Å². The van der Waals surface area contributed by atoms with Gasteiger partial charge in [-0.15, -0.1) is 0 Å². The third-order valence-electron chi connectivity index (χ3n) is 3.60. The lowest BCUT2D eigenvalue weighted by molar-refractivity contribution is 0.101. The average Bonchev–Trinajstić information content (AvgIpc) is 2.53. The molecular weight excluding hydrogens is 329 g/mol. The van der Waals surface area contributed by atoms with Crippen LogP contribution in [0.4, 0.5) is 27.6 Å². The van der Waals surface area contributed by atoms with Gasteiger partial charge in [-0.05, 0) is 24.0 Å². The topological polar surface area (TPSA) is 29.1 Å².